The van der Waals surface area contributed by atoms with Crippen molar-refractivity contribution < 1.29 is 24.2 Å². The fourth-order valence-electron chi connectivity index (χ4n) is 2.37. The number of ether oxygens (including phenoxy) is 1. The Morgan fingerprint density at radius 3 is 2.62 bits per heavy atom. The first-order valence-electron chi connectivity index (χ1n) is 7.12. The number of esters is 1. The lowest BCUT2D eigenvalue weighted by atomic mass is 9.97. The molecule has 1 aliphatic rings. The summed E-state index contributed by atoms with van der Waals surface area (Å²) in [6.07, 6.45) is 1.82. The number of nitrogens with zero attached hydrogens (tertiary/aromatic N) is 1. The summed E-state index contributed by atoms with van der Waals surface area (Å²) < 4.78 is 4.72. The van der Waals surface area contributed by atoms with Gasteiger partial charge in [-0.3, -0.25) is 9.59 Å². The molecule has 0 radical (unpaired) electrons. The lowest BCUT2D eigenvalue weighted by Crippen LogP contribution is -2.53. The summed E-state index contributed by atoms with van der Waals surface area (Å²) in [5, 5.41) is 11.5. The van der Waals surface area contributed by atoms with Gasteiger partial charge in [-0.2, -0.15) is 0 Å². The molecule has 2 N–H and O–H groups in total. The first-order valence-corrected chi connectivity index (χ1v) is 7.12. The third kappa shape index (κ3) is 5.61. The molecule has 21 heavy (non-hydrogen) atoms. The first-order chi connectivity index (χ1) is 9.75. The molecule has 120 valence electrons. The molecule has 0 bridgehead atoms. The van der Waals surface area contributed by atoms with Crippen LogP contribution in [0.2, 0.25) is 0 Å². The van der Waals surface area contributed by atoms with Crippen molar-refractivity contribution in [3.63, 3.8) is 0 Å². The summed E-state index contributed by atoms with van der Waals surface area (Å²) in [6.45, 7) is 4.51. The van der Waals surface area contributed by atoms with Gasteiger partial charge in [-0.25, -0.2) is 4.79 Å². The van der Waals surface area contributed by atoms with Gasteiger partial charge in [0.1, 0.15) is 0 Å². The normalized spacial score (nSPS) is 19.0. The van der Waals surface area contributed by atoms with Gasteiger partial charge < -0.3 is 20.1 Å². The largest absolute Gasteiger partial charge is 0.481 e. The van der Waals surface area contributed by atoms with Crippen molar-refractivity contribution >= 4 is 18.0 Å². The molecule has 0 spiro atoms. The van der Waals surface area contributed by atoms with E-state index in [9.17, 15) is 14.4 Å². The van der Waals surface area contributed by atoms with E-state index in [2.05, 4.69) is 5.32 Å². The van der Waals surface area contributed by atoms with Gasteiger partial charge >= 0.3 is 18.0 Å². The Morgan fingerprint density at radius 1 is 1.38 bits per heavy atom. The quantitative estimate of drug-likeness (QED) is 0.744. The van der Waals surface area contributed by atoms with Crippen LogP contribution in [0.15, 0.2) is 0 Å². The van der Waals surface area contributed by atoms with Crippen LogP contribution in [0.25, 0.3) is 0 Å². The monoisotopic (exact) mass is 300 g/mol. The van der Waals surface area contributed by atoms with Crippen LogP contribution < -0.4 is 5.32 Å². The van der Waals surface area contributed by atoms with Crippen LogP contribution in [0.1, 0.15) is 39.5 Å². The zero-order valence-electron chi connectivity index (χ0n) is 12.8. The van der Waals surface area contributed by atoms with Crippen LogP contribution in [-0.2, 0) is 14.3 Å². The lowest BCUT2D eigenvalue weighted by Gasteiger charge is -2.35. The van der Waals surface area contributed by atoms with Crippen molar-refractivity contribution in [3.8, 4) is 0 Å². The van der Waals surface area contributed by atoms with Gasteiger partial charge in [0.25, 0.3) is 0 Å². The number of rotatable bonds is 5. The number of carboxylic acids is 1. The number of hydrogen-bond acceptors (Lipinski definition) is 4. The van der Waals surface area contributed by atoms with E-state index in [-0.39, 0.29) is 24.3 Å². The number of methoxy groups -OCH3 is 1. The van der Waals surface area contributed by atoms with Crippen LogP contribution in [0, 0.1) is 5.92 Å². The van der Waals surface area contributed by atoms with E-state index in [0.29, 0.717) is 19.5 Å². The molecule has 0 aromatic heterocycles. The summed E-state index contributed by atoms with van der Waals surface area (Å²) in [7, 11) is 1.34. The van der Waals surface area contributed by atoms with E-state index < -0.39 is 11.5 Å². The molecule has 1 unspecified atom stereocenters. The third-order valence-corrected chi connectivity index (χ3v) is 3.65. The SMILES string of the molecule is COC(=O)C1CCCN(C(=O)NC(C)(C)CCC(=O)O)C1. The van der Waals surface area contributed by atoms with Gasteiger partial charge in [0.05, 0.1) is 13.0 Å². The molecule has 1 aliphatic heterocycles. The molecule has 1 atom stereocenters. The summed E-state index contributed by atoms with van der Waals surface area (Å²) in [4.78, 5) is 36.0. The minimum Gasteiger partial charge on any atom is -0.481 e. The van der Waals surface area contributed by atoms with Crippen LogP contribution in [0.5, 0.6) is 0 Å². The minimum absolute atomic E-state index is 0.00192. The number of carboxylic acid groups (broad SMARTS) is 1. The molecule has 1 heterocycles. The number of urea groups is 1. The lowest BCUT2D eigenvalue weighted by molar-refractivity contribution is -0.147. The van der Waals surface area contributed by atoms with Crippen LogP contribution in [-0.4, -0.2) is 53.7 Å². The van der Waals surface area contributed by atoms with E-state index in [4.69, 9.17) is 9.84 Å². The maximum absolute atomic E-state index is 12.2. The maximum atomic E-state index is 12.2. The van der Waals surface area contributed by atoms with E-state index in [0.717, 1.165) is 12.8 Å². The van der Waals surface area contributed by atoms with Crippen LogP contribution >= 0.6 is 0 Å². The van der Waals surface area contributed by atoms with Gasteiger partial charge in [0, 0.05) is 25.0 Å². The van der Waals surface area contributed by atoms with E-state index in [1.807, 2.05) is 0 Å². The van der Waals surface area contributed by atoms with Crippen molar-refractivity contribution in [1.82, 2.24) is 10.2 Å². The molecule has 0 saturated carbocycles. The number of carbonyl (C=O) groups excluding carboxylic acids is 2. The summed E-state index contributed by atoms with van der Waals surface area (Å²) in [6, 6.07) is -0.265. The molecule has 0 aromatic rings. The van der Waals surface area contributed by atoms with Gasteiger partial charge in [-0.05, 0) is 33.1 Å². The molecular formula is C14H24N2O5. The molecule has 1 fully saturated rings. The first kappa shape index (κ1) is 17.3. The highest BCUT2D eigenvalue weighted by Gasteiger charge is 2.31. The van der Waals surface area contributed by atoms with E-state index in [1.165, 1.54) is 7.11 Å². The van der Waals surface area contributed by atoms with Gasteiger partial charge in [0.2, 0.25) is 0 Å². The number of piperidine rings is 1. The van der Waals surface area contributed by atoms with Gasteiger partial charge in [-0.1, -0.05) is 0 Å². The smallest absolute Gasteiger partial charge is 0.317 e. The van der Waals surface area contributed by atoms with Crippen LogP contribution in [0.3, 0.4) is 0 Å². The Morgan fingerprint density at radius 2 is 2.05 bits per heavy atom. The average Bonchev–Trinajstić information content (AvgIpc) is 2.44. The molecule has 1 saturated heterocycles. The van der Waals surface area contributed by atoms with Crippen molar-refractivity contribution in [2.45, 2.75) is 45.1 Å². The Balaban J connectivity index is 2.54. The second kappa shape index (κ2) is 7.28. The second-order valence-electron chi connectivity index (χ2n) is 6.02. The Kier molecular flexibility index (Phi) is 5.99. The van der Waals surface area contributed by atoms with Crippen LogP contribution in [0.4, 0.5) is 4.79 Å². The van der Waals surface area contributed by atoms with Crippen molar-refractivity contribution in [2.24, 2.45) is 5.92 Å². The molecule has 0 aromatic carbocycles. The number of hydrogen-bond donors (Lipinski definition) is 2. The number of nitrogens with one attached hydrogen (secondary N) is 1. The Labute approximate surface area is 124 Å². The topological polar surface area (TPSA) is 95.9 Å². The zero-order valence-corrected chi connectivity index (χ0v) is 12.8. The number of aliphatic carboxylic acids is 1. The number of amides is 2. The number of carbonyl (C=O) groups is 3. The average molecular weight is 300 g/mol. The van der Waals surface area contributed by atoms with Gasteiger partial charge in [0.15, 0.2) is 0 Å². The molecule has 1 rings (SSSR count). The predicted molar refractivity (Wildman–Crippen MR) is 75.8 cm³/mol. The fourth-order valence-corrected chi connectivity index (χ4v) is 2.37. The summed E-state index contributed by atoms with van der Waals surface area (Å²) in [5.41, 5.74) is -0.603. The highest BCUT2D eigenvalue weighted by Crippen LogP contribution is 2.19. The standard InChI is InChI=1S/C14H24N2O5/c1-14(2,7-6-11(17)18)15-13(20)16-8-4-5-10(9-16)12(19)21-3/h10H,4-9H2,1-3H3,(H,15,20)(H,17,18). The molecular weight excluding hydrogens is 276 g/mol. The molecule has 0 aliphatic carbocycles. The second-order valence-corrected chi connectivity index (χ2v) is 6.02. The summed E-state index contributed by atoms with van der Waals surface area (Å²) in [5.74, 6) is -1.46. The molecule has 2 amide bonds. The predicted octanol–water partition coefficient (Wildman–Crippen LogP) is 1.22. The number of likely N-dealkylation sites (tertiary alicyclic amines) is 1. The minimum atomic E-state index is -0.888. The highest BCUT2D eigenvalue weighted by atomic mass is 16.5. The third-order valence-electron chi connectivity index (χ3n) is 3.65. The highest BCUT2D eigenvalue weighted by molar-refractivity contribution is 5.77. The Hall–Kier alpha value is -1.79. The zero-order chi connectivity index (χ0) is 16.0. The van der Waals surface area contributed by atoms with Crippen molar-refractivity contribution in [3.05, 3.63) is 0 Å². The fraction of sp³-hybridized carbons (Fsp3) is 0.786. The van der Waals surface area contributed by atoms with E-state index >= 15 is 0 Å². The van der Waals surface area contributed by atoms with Crippen molar-refractivity contribution in [2.75, 3.05) is 20.2 Å². The van der Waals surface area contributed by atoms with Crippen molar-refractivity contribution in [1.29, 1.82) is 0 Å². The summed E-state index contributed by atoms with van der Waals surface area (Å²) >= 11 is 0. The molecule has 7 heteroatoms. The molecule has 7 nitrogen and oxygen atoms in total. The maximum Gasteiger partial charge on any atom is 0.317 e. The van der Waals surface area contributed by atoms with E-state index in [1.54, 1.807) is 18.7 Å². The Bertz CT molecular complexity index is 408. The van der Waals surface area contributed by atoms with Gasteiger partial charge in [-0.15, -0.1) is 0 Å².